The van der Waals surface area contributed by atoms with Gasteiger partial charge in [0, 0.05) is 18.6 Å². The van der Waals surface area contributed by atoms with Crippen LogP contribution < -0.4 is 0 Å². The first-order valence-corrected chi connectivity index (χ1v) is 15.0. The lowest BCUT2D eigenvalue weighted by Gasteiger charge is -2.41. The second kappa shape index (κ2) is 11.1. The van der Waals surface area contributed by atoms with E-state index < -0.39 is 32.6 Å². The molecule has 4 rings (SSSR count). The van der Waals surface area contributed by atoms with E-state index in [9.17, 15) is 17.9 Å². The highest BCUT2D eigenvalue weighted by Gasteiger charge is 2.47. The zero-order chi connectivity index (χ0) is 27.7. The smallest absolute Gasteiger partial charge is 0.267 e. The van der Waals surface area contributed by atoms with E-state index in [0.717, 1.165) is 25.9 Å². The van der Waals surface area contributed by atoms with Crippen molar-refractivity contribution in [1.82, 2.24) is 4.90 Å². The van der Waals surface area contributed by atoms with Crippen molar-refractivity contribution in [3.05, 3.63) is 71.0 Å². The Morgan fingerprint density at radius 3 is 2.24 bits per heavy atom. The van der Waals surface area contributed by atoms with Crippen LogP contribution in [0.1, 0.15) is 94.1 Å². The summed E-state index contributed by atoms with van der Waals surface area (Å²) in [7, 11) is -3.95. The van der Waals surface area contributed by atoms with Crippen LogP contribution in [0.25, 0.3) is 0 Å². The van der Waals surface area contributed by atoms with E-state index in [1.165, 1.54) is 11.6 Å². The van der Waals surface area contributed by atoms with Crippen molar-refractivity contribution in [3.8, 4) is 0 Å². The lowest BCUT2D eigenvalue weighted by molar-refractivity contribution is 0.0797. The minimum absolute atomic E-state index is 0.0511. The lowest BCUT2D eigenvalue weighted by atomic mass is 9.86. The highest BCUT2D eigenvalue weighted by atomic mass is 32.2. The number of benzene rings is 2. The molecule has 0 amide bonds. The molecule has 2 aromatic carbocycles. The van der Waals surface area contributed by atoms with E-state index in [-0.39, 0.29) is 30.9 Å². The van der Waals surface area contributed by atoms with Crippen LogP contribution in [-0.2, 0) is 14.8 Å². The van der Waals surface area contributed by atoms with Crippen molar-refractivity contribution >= 4 is 15.9 Å². The molecule has 6 nitrogen and oxygen atoms in total. The summed E-state index contributed by atoms with van der Waals surface area (Å²) in [6.45, 7) is 12.2. The van der Waals surface area contributed by atoms with E-state index in [0.29, 0.717) is 17.0 Å². The second-order valence-corrected chi connectivity index (χ2v) is 13.8. The number of sulfonamides is 1. The number of aliphatic hydroxyl groups is 1. The minimum atomic E-state index is -3.95. The van der Waals surface area contributed by atoms with Gasteiger partial charge < -0.3 is 9.84 Å². The van der Waals surface area contributed by atoms with Crippen molar-refractivity contribution in [2.24, 2.45) is 4.40 Å². The zero-order valence-electron chi connectivity index (χ0n) is 23.2. The Hall–Kier alpha value is -2.29. The summed E-state index contributed by atoms with van der Waals surface area (Å²) in [5.41, 5.74) is 1.38. The lowest BCUT2D eigenvalue weighted by Crippen LogP contribution is -2.45. The molecular formula is C30H41FN2O4S. The van der Waals surface area contributed by atoms with E-state index in [2.05, 4.69) is 30.1 Å². The van der Waals surface area contributed by atoms with E-state index >= 15 is 0 Å². The number of likely N-dealkylation sites (tertiary alicyclic amines) is 1. The maximum atomic E-state index is 14.5. The van der Waals surface area contributed by atoms with Crippen molar-refractivity contribution in [2.45, 2.75) is 88.5 Å². The second-order valence-electron chi connectivity index (χ2n) is 12.1. The number of rotatable bonds is 7. The van der Waals surface area contributed by atoms with Gasteiger partial charge in [0.2, 0.25) is 5.90 Å². The molecule has 2 heterocycles. The average molecular weight is 545 g/mol. The largest absolute Gasteiger partial charge is 0.472 e. The number of halogens is 1. The maximum absolute atomic E-state index is 14.5. The van der Waals surface area contributed by atoms with Gasteiger partial charge in [-0.1, -0.05) is 42.5 Å². The predicted octanol–water partition coefficient (Wildman–Crippen LogP) is 5.94. The number of hydrogen-bond acceptors (Lipinski definition) is 5. The summed E-state index contributed by atoms with van der Waals surface area (Å²) in [4.78, 5) is 2.51. The number of ether oxygens (including phenoxy) is 1. The molecule has 8 heteroatoms. The van der Waals surface area contributed by atoms with E-state index in [1.54, 1.807) is 32.0 Å². The molecule has 0 aromatic heterocycles. The monoisotopic (exact) mass is 544 g/mol. The molecule has 0 radical (unpaired) electrons. The summed E-state index contributed by atoms with van der Waals surface area (Å²) in [6.07, 6.45) is 2.52. The minimum Gasteiger partial charge on any atom is -0.472 e. The van der Waals surface area contributed by atoms with Crippen molar-refractivity contribution in [3.63, 3.8) is 0 Å². The fourth-order valence-corrected chi connectivity index (χ4v) is 7.72. The van der Waals surface area contributed by atoms with Gasteiger partial charge in [-0.3, -0.25) is 4.90 Å². The Labute approximate surface area is 227 Å². The number of nitrogens with zero attached hydrogens (tertiary/aromatic N) is 2. The SMILES string of the molecule is CC1(C)OC(C[C@@H](CCO)c2ccccc2F)=NS(=O)(=O)C1c1ccc(C2CCN(C(C)(C)C)CC2)cc1. The van der Waals surface area contributed by atoms with Crippen LogP contribution in [0.2, 0.25) is 0 Å². The Kier molecular flexibility index (Phi) is 8.36. The first kappa shape index (κ1) is 28.7. The molecule has 0 aliphatic carbocycles. The van der Waals surface area contributed by atoms with Gasteiger partial charge in [0.15, 0.2) is 0 Å². The summed E-state index contributed by atoms with van der Waals surface area (Å²) < 4.78 is 51.6. The van der Waals surface area contributed by atoms with Gasteiger partial charge in [-0.15, -0.1) is 4.40 Å². The molecule has 1 unspecified atom stereocenters. The van der Waals surface area contributed by atoms with Gasteiger partial charge in [-0.2, -0.15) is 0 Å². The van der Waals surface area contributed by atoms with Crippen LogP contribution in [0.4, 0.5) is 4.39 Å². The van der Waals surface area contributed by atoms with E-state index in [4.69, 9.17) is 4.74 Å². The van der Waals surface area contributed by atoms with Crippen LogP contribution in [-0.4, -0.2) is 55.2 Å². The summed E-state index contributed by atoms with van der Waals surface area (Å²) >= 11 is 0. The molecule has 0 spiro atoms. The molecule has 2 aromatic rings. The number of hydrogen-bond donors (Lipinski definition) is 1. The quantitative estimate of drug-likeness (QED) is 0.467. The first-order valence-electron chi connectivity index (χ1n) is 13.5. The average Bonchev–Trinajstić information content (AvgIpc) is 2.83. The van der Waals surface area contributed by atoms with Gasteiger partial charge in [0.25, 0.3) is 10.0 Å². The van der Waals surface area contributed by atoms with Gasteiger partial charge in [0.1, 0.15) is 16.7 Å². The van der Waals surface area contributed by atoms with Crippen LogP contribution in [0.15, 0.2) is 52.9 Å². The normalized spacial score (nSPS) is 22.9. The summed E-state index contributed by atoms with van der Waals surface area (Å²) in [6, 6.07) is 14.2. The van der Waals surface area contributed by atoms with E-state index in [1.807, 2.05) is 24.3 Å². The van der Waals surface area contributed by atoms with Crippen molar-refractivity contribution in [2.75, 3.05) is 19.7 Å². The molecule has 2 atom stereocenters. The van der Waals surface area contributed by atoms with Crippen LogP contribution in [0, 0.1) is 5.82 Å². The van der Waals surface area contributed by atoms with Crippen LogP contribution in [0.3, 0.4) is 0 Å². The number of piperidine rings is 1. The zero-order valence-corrected chi connectivity index (χ0v) is 24.0. The Balaban J connectivity index is 1.53. The summed E-state index contributed by atoms with van der Waals surface area (Å²) in [5, 5.41) is 8.60. The molecule has 1 N–H and O–H groups in total. The Morgan fingerprint density at radius 1 is 1.08 bits per heavy atom. The highest BCUT2D eigenvalue weighted by molar-refractivity contribution is 7.90. The summed E-state index contributed by atoms with van der Waals surface area (Å²) in [5.74, 6) is -0.338. The van der Waals surface area contributed by atoms with Crippen molar-refractivity contribution in [1.29, 1.82) is 0 Å². The maximum Gasteiger partial charge on any atom is 0.267 e. The Bertz CT molecular complexity index is 1240. The van der Waals surface area contributed by atoms with Crippen molar-refractivity contribution < 1.29 is 22.7 Å². The highest BCUT2D eigenvalue weighted by Crippen LogP contribution is 2.42. The third-order valence-electron chi connectivity index (χ3n) is 7.94. The predicted molar refractivity (Wildman–Crippen MR) is 149 cm³/mol. The molecule has 1 saturated heterocycles. The third-order valence-corrected chi connectivity index (χ3v) is 9.83. The third kappa shape index (κ3) is 6.29. The van der Waals surface area contributed by atoms with Gasteiger partial charge >= 0.3 is 0 Å². The molecule has 208 valence electrons. The van der Waals surface area contributed by atoms with Gasteiger partial charge in [-0.25, -0.2) is 12.8 Å². The molecule has 2 aliphatic rings. The topological polar surface area (TPSA) is 79.2 Å². The standard InChI is InChI=1S/C30H41FN2O4S/c1-29(2,3)33-17-14-22(15-18-33)21-10-12-23(13-11-21)28-30(4,5)37-27(32-38(28,35)36)20-24(16-19-34)25-8-6-7-9-26(25)31/h6-13,22,24,28,34H,14-20H2,1-5H3/t24-,28?/m1/s1. The Morgan fingerprint density at radius 2 is 1.68 bits per heavy atom. The molecule has 0 saturated carbocycles. The van der Waals surface area contributed by atoms with Crippen LogP contribution in [0.5, 0.6) is 0 Å². The van der Waals surface area contributed by atoms with Crippen LogP contribution >= 0.6 is 0 Å². The fourth-order valence-electron chi connectivity index (χ4n) is 5.95. The molecule has 0 bridgehead atoms. The van der Waals surface area contributed by atoms with Gasteiger partial charge in [-0.05, 0) is 102 Å². The molecule has 2 aliphatic heterocycles. The first-order chi connectivity index (χ1) is 17.8. The number of aliphatic hydroxyl groups excluding tert-OH is 1. The fraction of sp³-hybridized carbons (Fsp3) is 0.567. The molecule has 1 fully saturated rings. The van der Waals surface area contributed by atoms with Gasteiger partial charge in [0.05, 0.1) is 0 Å². The molecular weight excluding hydrogens is 503 g/mol. The molecule has 38 heavy (non-hydrogen) atoms.